The van der Waals surface area contributed by atoms with Crippen molar-refractivity contribution in [3.8, 4) is 0 Å². The number of hydrogen-bond donors (Lipinski definition) is 3. The Morgan fingerprint density at radius 3 is 2.10 bits per heavy atom. The minimum absolute atomic E-state index is 0.0830. The number of allylic oxidation sites excluding steroid dienone is 2. The normalized spacial score (nSPS) is 16.2. The Morgan fingerprint density at radius 1 is 0.824 bits per heavy atom. The lowest BCUT2D eigenvalue weighted by atomic mass is 9.90. The van der Waals surface area contributed by atoms with Crippen LogP contribution < -0.4 is 16.0 Å². The number of amides is 2. The lowest BCUT2D eigenvalue weighted by Crippen LogP contribution is -2.23. The van der Waals surface area contributed by atoms with Gasteiger partial charge in [-0.1, -0.05) is 55.6 Å². The molecule has 0 radical (unpaired) electrons. The summed E-state index contributed by atoms with van der Waals surface area (Å²) in [5.74, 6) is -1.31. The van der Waals surface area contributed by atoms with Gasteiger partial charge in [0, 0.05) is 57.6 Å². The molecule has 2 aliphatic heterocycles. The van der Waals surface area contributed by atoms with Crippen molar-refractivity contribution in [3.63, 3.8) is 0 Å². The number of nitrogens with one attached hydrogen (secondary N) is 3. The van der Waals surface area contributed by atoms with Gasteiger partial charge in [0.15, 0.2) is 0 Å². The van der Waals surface area contributed by atoms with Crippen LogP contribution in [-0.2, 0) is 35.1 Å². The molecular weight excluding hydrogens is 644 g/mol. The van der Waals surface area contributed by atoms with Gasteiger partial charge in [0.05, 0.1) is 25.3 Å². The molecule has 2 aromatic heterocycles. The highest BCUT2D eigenvalue weighted by molar-refractivity contribution is 6.38. The van der Waals surface area contributed by atoms with Crippen molar-refractivity contribution in [1.82, 2.24) is 15.3 Å². The van der Waals surface area contributed by atoms with E-state index in [0.717, 1.165) is 50.1 Å². The maximum Gasteiger partial charge on any atom is 0.305 e. The van der Waals surface area contributed by atoms with E-state index in [1.807, 2.05) is 63.3 Å². The Hall–Kier alpha value is -6.03. The zero-order chi connectivity index (χ0) is 37.0. The maximum atomic E-state index is 13.1. The van der Waals surface area contributed by atoms with Crippen molar-refractivity contribution in [2.24, 2.45) is 4.99 Å². The molecule has 51 heavy (non-hydrogen) atoms. The average Bonchev–Trinajstić information content (AvgIpc) is 3.78. The van der Waals surface area contributed by atoms with Crippen LogP contribution in [0.5, 0.6) is 0 Å². The SMILES string of the molecule is C=CC1=C(C)/C(=C\c2[nH]c(/C=c3/[nH]/c(=C(\C4=NC(=O)C(C)=C4CCC(=O)OC)c4ccccc4)c(CCC(=O)OC)c3C)c(C)c2C=C)NC1=O. The van der Waals surface area contributed by atoms with Crippen molar-refractivity contribution in [2.45, 2.75) is 53.4 Å². The summed E-state index contributed by atoms with van der Waals surface area (Å²) in [6.07, 6.45) is 8.05. The fourth-order valence-corrected chi connectivity index (χ4v) is 6.51. The van der Waals surface area contributed by atoms with Crippen molar-refractivity contribution in [2.75, 3.05) is 14.2 Å². The first-order valence-electron chi connectivity index (χ1n) is 16.6. The summed E-state index contributed by atoms with van der Waals surface area (Å²) in [4.78, 5) is 61.9. The first-order chi connectivity index (χ1) is 24.4. The van der Waals surface area contributed by atoms with Gasteiger partial charge in [0.2, 0.25) is 0 Å². The second-order valence-corrected chi connectivity index (χ2v) is 12.4. The fourth-order valence-electron chi connectivity index (χ4n) is 6.51. The van der Waals surface area contributed by atoms with Gasteiger partial charge in [-0.05, 0) is 86.1 Å². The largest absolute Gasteiger partial charge is 0.469 e. The van der Waals surface area contributed by atoms with Gasteiger partial charge >= 0.3 is 11.9 Å². The molecule has 0 fully saturated rings. The summed E-state index contributed by atoms with van der Waals surface area (Å²) in [6.45, 7) is 15.4. The molecule has 3 N–H and O–H groups in total. The number of benzene rings is 1. The zero-order valence-electron chi connectivity index (χ0n) is 29.8. The van der Waals surface area contributed by atoms with Gasteiger partial charge < -0.3 is 24.8 Å². The highest BCUT2D eigenvalue weighted by Crippen LogP contribution is 2.30. The lowest BCUT2D eigenvalue weighted by molar-refractivity contribution is -0.141. The van der Waals surface area contributed by atoms with E-state index in [1.54, 1.807) is 19.1 Å². The number of aromatic amines is 2. The predicted octanol–water partition coefficient (Wildman–Crippen LogP) is 4.96. The van der Waals surface area contributed by atoms with E-state index >= 15 is 0 Å². The minimum atomic E-state index is -0.389. The lowest BCUT2D eigenvalue weighted by Gasteiger charge is -2.13. The second-order valence-electron chi connectivity index (χ2n) is 12.4. The number of carbonyl (C=O) groups is 4. The quantitative estimate of drug-likeness (QED) is 0.230. The number of aliphatic imine (C=N–C) groups is 1. The van der Waals surface area contributed by atoms with E-state index in [-0.39, 0.29) is 43.0 Å². The Balaban J connectivity index is 1.78. The molecule has 5 rings (SSSR count). The second kappa shape index (κ2) is 15.2. The monoisotopic (exact) mass is 686 g/mol. The van der Waals surface area contributed by atoms with Gasteiger partial charge in [-0.2, -0.15) is 0 Å². The van der Waals surface area contributed by atoms with Crippen LogP contribution in [0.4, 0.5) is 0 Å². The standard InChI is InChI=1S/C41H42N4O6/c1-9-27-22(3)31(42-34(27)21-33-23(4)28(10-2)41(49)44-33)20-32-24(5)29(16-18-35(46)50-7)38(43-32)37(26-14-12-11-13-15-26)39-30(17-19-36(47)51-8)25(6)40(48)45-39/h9-15,20-21,42-43H,1-2,16-19H2,3-8H3,(H,44,49)/b32-20+,33-21+,38-37-. The van der Waals surface area contributed by atoms with Crippen molar-refractivity contribution < 1.29 is 28.7 Å². The Labute approximate surface area is 296 Å². The number of methoxy groups -OCH3 is 2. The third kappa shape index (κ3) is 7.17. The molecule has 0 saturated carbocycles. The van der Waals surface area contributed by atoms with Crippen LogP contribution in [0.2, 0.25) is 0 Å². The summed E-state index contributed by atoms with van der Waals surface area (Å²) in [5, 5.41) is 4.39. The highest BCUT2D eigenvalue weighted by Gasteiger charge is 2.29. The minimum Gasteiger partial charge on any atom is -0.469 e. The van der Waals surface area contributed by atoms with E-state index in [9.17, 15) is 19.2 Å². The summed E-state index contributed by atoms with van der Waals surface area (Å²) < 4.78 is 9.89. The third-order valence-corrected chi connectivity index (χ3v) is 9.51. The van der Waals surface area contributed by atoms with Crippen LogP contribution in [-0.4, -0.2) is 53.7 Å². The fraction of sp³-hybridized carbons (Fsp3) is 0.244. The molecule has 3 aromatic rings. The number of nitrogens with zero attached hydrogens (tertiary/aromatic N) is 1. The summed E-state index contributed by atoms with van der Waals surface area (Å²) in [6, 6.07) is 9.61. The Kier molecular flexibility index (Phi) is 10.8. The smallest absolute Gasteiger partial charge is 0.305 e. The van der Waals surface area contributed by atoms with Crippen molar-refractivity contribution in [3.05, 3.63) is 127 Å². The van der Waals surface area contributed by atoms with E-state index in [1.165, 1.54) is 14.2 Å². The molecule has 0 aliphatic carbocycles. The zero-order valence-corrected chi connectivity index (χ0v) is 29.8. The third-order valence-electron chi connectivity index (χ3n) is 9.51. The first kappa shape index (κ1) is 36.3. The van der Waals surface area contributed by atoms with Crippen LogP contribution in [0, 0.1) is 13.8 Å². The first-order valence-corrected chi connectivity index (χ1v) is 16.6. The number of ether oxygens (including phenoxy) is 2. The van der Waals surface area contributed by atoms with Crippen LogP contribution in [0.25, 0.3) is 23.8 Å². The Morgan fingerprint density at radius 2 is 1.49 bits per heavy atom. The summed E-state index contributed by atoms with van der Waals surface area (Å²) in [7, 11) is 2.69. The van der Waals surface area contributed by atoms with Gasteiger partial charge in [0.1, 0.15) is 0 Å². The molecule has 0 atom stereocenters. The van der Waals surface area contributed by atoms with Crippen molar-refractivity contribution in [1.29, 1.82) is 0 Å². The van der Waals surface area contributed by atoms with Gasteiger partial charge in [-0.15, -0.1) is 0 Å². The molecular formula is C41H42N4O6. The van der Waals surface area contributed by atoms with E-state index in [2.05, 4.69) is 33.4 Å². The molecule has 1 aromatic carbocycles. The molecule has 4 heterocycles. The number of esters is 2. The van der Waals surface area contributed by atoms with E-state index < -0.39 is 0 Å². The van der Waals surface area contributed by atoms with E-state index in [4.69, 9.17) is 9.47 Å². The molecule has 2 aliphatic rings. The molecule has 10 heteroatoms. The summed E-state index contributed by atoms with van der Waals surface area (Å²) in [5.41, 5.74) is 10.3. The summed E-state index contributed by atoms with van der Waals surface area (Å²) >= 11 is 0. The number of rotatable bonds is 12. The average molecular weight is 687 g/mol. The Bertz CT molecular complexity index is 2240. The molecule has 0 spiro atoms. The number of hydrogen-bond acceptors (Lipinski definition) is 6. The molecule has 0 saturated heterocycles. The van der Waals surface area contributed by atoms with Crippen molar-refractivity contribution >= 4 is 53.3 Å². The van der Waals surface area contributed by atoms with Crippen LogP contribution in [0.3, 0.4) is 0 Å². The molecule has 2 amide bonds. The van der Waals surface area contributed by atoms with Gasteiger partial charge in [-0.3, -0.25) is 19.2 Å². The molecule has 0 unspecified atom stereocenters. The number of H-pyrrole nitrogens is 2. The number of aromatic nitrogens is 2. The van der Waals surface area contributed by atoms with Gasteiger partial charge in [-0.25, -0.2) is 4.99 Å². The van der Waals surface area contributed by atoms with Gasteiger partial charge in [0.25, 0.3) is 11.8 Å². The number of carbonyl (C=O) groups excluding carboxylic acids is 4. The van der Waals surface area contributed by atoms with Crippen LogP contribution >= 0.6 is 0 Å². The molecule has 0 bridgehead atoms. The van der Waals surface area contributed by atoms with E-state index in [0.29, 0.717) is 45.5 Å². The maximum absolute atomic E-state index is 13.1. The predicted molar refractivity (Wildman–Crippen MR) is 199 cm³/mol. The molecule has 262 valence electrons. The molecule has 10 nitrogen and oxygen atoms in total. The van der Waals surface area contributed by atoms with Crippen LogP contribution in [0.15, 0.2) is 82.5 Å². The van der Waals surface area contributed by atoms with Crippen LogP contribution in [0.1, 0.15) is 72.3 Å². The topological polar surface area (TPSA) is 143 Å². The highest BCUT2D eigenvalue weighted by atomic mass is 16.5.